The summed E-state index contributed by atoms with van der Waals surface area (Å²) in [6.45, 7) is 0. The monoisotopic (exact) mass is 342 g/mol. The van der Waals surface area contributed by atoms with Crippen molar-refractivity contribution in [3.8, 4) is 0 Å². The van der Waals surface area contributed by atoms with Crippen LogP contribution >= 0.6 is 11.8 Å². The van der Waals surface area contributed by atoms with Gasteiger partial charge in [0, 0.05) is 0 Å². The molecule has 1 aromatic carbocycles. The number of urea groups is 1. The molecule has 126 valence electrons. The van der Waals surface area contributed by atoms with E-state index in [-0.39, 0.29) is 6.42 Å². The first kappa shape index (κ1) is 18.8. The van der Waals surface area contributed by atoms with Gasteiger partial charge in [0.2, 0.25) is 5.91 Å². The number of amides is 4. The minimum absolute atomic E-state index is 0.0146. The van der Waals surface area contributed by atoms with E-state index in [1.54, 1.807) is 0 Å². The maximum absolute atomic E-state index is 12.8. The Hall–Kier alpha value is -2.29. The van der Waals surface area contributed by atoms with Gasteiger partial charge in [-0.1, -0.05) is 12.1 Å². The van der Waals surface area contributed by atoms with Crippen molar-refractivity contribution in [3.05, 3.63) is 35.6 Å². The Kier molecular flexibility index (Phi) is 7.89. The van der Waals surface area contributed by atoms with Gasteiger partial charge in [0.05, 0.1) is 6.42 Å². The molecular weight excluding hydrogens is 323 g/mol. The molecule has 0 aliphatic carbocycles. The third-order valence-electron chi connectivity index (χ3n) is 2.85. The van der Waals surface area contributed by atoms with Crippen molar-refractivity contribution >= 4 is 29.6 Å². The summed E-state index contributed by atoms with van der Waals surface area (Å²) in [4.78, 5) is 34.5. The van der Waals surface area contributed by atoms with Crippen LogP contribution in [0.5, 0.6) is 0 Å². The van der Waals surface area contributed by atoms with Crippen molar-refractivity contribution in [1.82, 2.24) is 16.2 Å². The van der Waals surface area contributed by atoms with E-state index in [0.717, 1.165) is 0 Å². The molecular formula is C14H19FN4O3S. The van der Waals surface area contributed by atoms with E-state index in [0.29, 0.717) is 17.7 Å². The summed E-state index contributed by atoms with van der Waals surface area (Å²) in [7, 11) is 0. The molecule has 9 heteroatoms. The molecule has 0 aliphatic rings. The van der Waals surface area contributed by atoms with E-state index in [4.69, 9.17) is 5.73 Å². The smallest absolute Gasteiger partial charge is 0.312 e. The molecule has 0 saturated heterocycles. The highest BCUT2D eigenvalue weighted by molar-refractivity contribution is 7.98. The van der Waals surface area contributed by atoms with E-state index in [1.807, 2.05) is 6.26 Å². The van der Waals surface area contributed by atoms with Crippen LogP contribution in [-0.4, -0.2) is 35.9 Å². The van der Waals surface area contributed by atoms with Crippen molar-refractivity contribution in [1.29, 1.82) is 0 Å². The van der Waals surface area contributed by atoms with Gasteiger partial charge < -0.3 is 11.1 Å². The maximum Gasteiger partial charge on any atom is 0.312 e. The number of hydrazine groups is 1. The SMILES string of the molecule is CSCC[C@H](NC(N)=O)C(=O)NNC(=O)Cc1ccc(F)cc1. The fourth-order valence-electron chi connectivity index (χ4n) is 1.73. The van der Waals surface area contributed by atoms with Crippen LogP contribution in [0.4, 0.5) is 9.18 Å². The summed E-state index contributed by atoms with van der Waals surface area (Å²) in [5.41, 5.74) is 10.1. The number of primary amides is 1. The minimum Gasteiger partial charge on any atom is -0.352 e. The van der Waals surface area contributed by atoms with E-state index in [2.05, 4.69) is 16.2 Å². The molecule has 0 aromatic heterocycles. The van der Waals surface area contributed by atoms with E-state index in [9.17, 15) is 18.8 Å². The molecule has 7 nitrogen and oxygen atoms in total. The summed E-state index contributed by atoms with van der Waals surface area (Å²) in [6.07, 6.45) is 2.23. The van der Waals surface area contributed by atoms with E-state index >= 15 is 0 Å². The average molecular weight is 342 g/mol. The quantitative estimate of drug-likeness (QED) is 0.534. The average Bonchev–Trinajstić information content (AvgIpc) is 2.51. The third kappa shape index (κ3) is 7.50. The van der Waals surface area contributed by atoms with Crippen LogP contribution in [0.2, 0.25) is 0 Å². The predicted molar refractivity (Wildman–Crippen MR) is 85.9 cm³/mol. The second-order valence-corrected chi connectivity index (χ2v) is 5.67. The van der Waals surface area contributed by atoms with Gasteiger partial charge in [0.15, 0.2) is 0 Å². The van der Waals surface area contributed by atoms with Crippen LogP contribution in [0.3, 0.4) is 0 Å². The molecule has 0 heterocycles. The highest BCUT2D eigenvalue weighted by atomic mass is 32.2. The summed E-state index contributed by atoms with van der Waals surface area (Å²) in [5.74, 6) is -0.781. The van der Waals surface area contributed by atoms with Crippen LogP contribution in [-0.2, 0) is 16.0 Å². The van der Waals surface area contributed by atoms with Gasteiger partial charge >= 0.3 is 6.03 Å². The van der Waals surface area contributed by atoms with Gasteiger partial charge in [-0.15, -0.1) is 0 Å². The van der Waals surface area contributed by atoms with E-state index < -0.39 is 29.7 Å². The third-order valence-corrected chi connectivity index (χ3v) is 3.49. The zero-order chi connectivity index (χ0) is 17.2. The molecule has 0 bridgehead atoms. The van der Waals surface area contributed by atoms with Crippen LogP contribution in [0.1, 0.15) is 12.0 Å². The van der Waals surface area contributed by atoms with Gasteiger partial charge in [0.25, 0.3) is 5.91 Å². The molecule has 1 rings (SSSR count). The van der Waals surface area contributed by atoms with Crippen LogP contribution in [0.25, 0.3) is 0 Å². The molecule has 0 aliphatic heterocycles. The molecule has 5 N–H and O–H groups in total. The van der Waals surface area contributed by atoms with Crippen molar-refractivity contribution < 1.29 is 18.8 Å². The van der Waals surface area contributed by atoms with Gasteiger partial charge in [-0.25, -0.2) is 9.18 Å². The van der Waals surface area contributed by atoms with Crippen molar-refractivity contribution in [2.24, 2.45) is 5.73 Å². The molecule has 4 amide bonds. The number of nitrogens with two attached hydrogens (primary N) is 1. The predicted octanol–water partition coefficient (Wildman–Crippen LogP) is 0.306. The molecule has 0 fully saturated rings. The second-order valence-electron chi connectivity index (χ2n) is 4.68. The first-order valence-electron chi connectivity index (χ1n) is 6.80. The minimum atomic E-state index is -0.828. The van der Waals surface area contributed by atoms with Gasteiger partial charge in [-0.2, -0.15) is 11.8 Å². The number of rotatable bonds is 7. The summed E-state index contributed by atoms with van der Waals surface area (Å²) in [5, 5.41) is 2.31. The molecule has 0 spiro atoms. The summed E-state index contributed by atoms with van der Waals surface area (Å²) < 4.78 is 12.8. The zero-order valence-corrected chi connectivity index (χ0v) is 13.4. The fourth-order valence-corrected chi connectivity index (χ4v) is 2.20. The number of benzene rings is 1. The van der Waals surface area contributed by atoms with Crippen molar-refractivity contribution in [2.75, 3.05) is 12.0 Å². The number of thioether (sulfide) groups is 1. The van der Waals surface area contributed by atoms with E-state index in [1.165, 1.54) is 36.0 Å². The van der Waals surface area contributed by atoms with Gasteiger partial charge in [0.1, 0.15) is 11.9 Å². The summed E-state index contributed by atoms with van der Waals surface area (Å²) in [6, 6.07) is 3.81. The maximum atomic E-state index is 12.8. The zero-order valence-electron chi connectivity index (χ0n) is 12.6. The number of carbonyl (C=O) groups excluding carboxylic acids is 3. The van der Waals surface area contributed by atoms with Crippen molar-refractivity contribution in [2.45, 2.75) is 18.9 Å². The first-order valence-corrected chi connectivity index (χ1v) is 8.19. The van der Waals surface area contributed by atoms with Gasteiger partial charge in [-0.05, 0) is 36.1 Å². The Morgan fingerprint density at radius 1 is 1.22 bits per heavy atom. The number of hydrogen-bond acceptors (Lipinski definition) is 4. The largest absolute Gasteiger partial charge is 0.352 e. The Morgan fingerprint density at radius 3 is 2.43 bits per heavy atom. The van der Waals surface area contributed by atoms with Crippen LogP contribution < -0.4 is 21.9 Å². The lowest BCUT2D eigenvalue weighted by molar-refractivity contribution is -0.129. The molecule has 0 radical (unpaired) electrons. The number of hydrogen-bond donors (Lipinski definition) is 4. The molecule has 23 heavy (non-hydrogen) atoms. The number of nitrogens with one attached hydrogen (secondary N) is 3. The lowest BCUT2D eigenvalue weighted by Gasteiger charge is -2.17. The Labute approximate surface area is 137 Å². The summed E-state index contributed by atoms with van der Waals surface area (Å²) >= 11 is 1.51. The molecule has 1 atom stereocenters. The van der Waals surface area contributed by atoms with Crippen LogP contribution in [0, 0.1) is 5.82 Å². The molecule has 1 aromatic rings. The number of carbonyl (C=O) groups is 3. The molecule has 0 unspecified atom stereocenters. The Morgan fingerprint density at radius 2 is 1.87 bits per heavy atom. The highest BCUT2D eigenvalue weighted by Gasteiger charge is 2.19. The highest BCUT2D eigenvalue weighted by Crippen LogP contribution is 2.03. The first-order chi connectivity index (χ1) is 10.9. The number of halogens is 1. The Balaban J connectivity index is 2.46. The Bertz CT molecular complexity index is 553. The van der Waals surface area contributed by atoms with Crippen LogP contribution in [0.15, 0.2) is 24.3 Å². The normalized spacial score (nSPS) is 11.4. The standard InChI is InChI=1S/C14H19FN4O3S/c1-23-7-6-11(17-14(16)22)13(21)19-18-12(20)8-9-2-4-10(15)5-3-9/h2-5,11H,6-8H2,1H3,(H,18,20)(H,19,21)(H3,16,17,22)/t11-/m0/s1. The lowest BCUT2D eigenvalue weighted by atomic mass is 10.1. The molecule has 0 saturated carbocycles. The topological polar surface area (TPSA) is 113 Å². The van der Waals surface area contributed by atoms with Gasteiger partial charge in [-0.3, -0.25) is 20.4 Å². The van der Waals surface area contributed by atoms with Crippen molar-refractivity contribution in [3.63, 3.8) is 0 Å². The second kappa shape index (κ2) is 9.67. The lowest BCUT2D eigenvalue weighted by Crippen LogP contribution is -2.53. The fraction of sp³-hybridized carbons (Fsp3) is 0.357.